The van der Waals surface area contributed by atoms with Crippen LogP contribution in [0.3, 0.4) is 0 Å². The molecule has 0 heterocycles. The van der Waals surface area contributed by atoms with E-state index in [0.29, 0.717) is 6.42 Å². The molecule has 84 valence electrons. The molecule has 0 saturated carbocycles. The minimum absolute atomic E-state index is 0.103. The molecule has 0 bridgehead atoms. The minimum Gasteiger partial charge on any atom is -0.299 e. The molecule has 0 fully saturated rings. The molecule has 3 heteroatoms. The molecule has 0 saturated heterocycles. The van der Waals surface area contributed by atoms with Gasteiger partial charge in [-0.05, 0) is 25.5 Å². The Hall–Kier alpha value is -1.35. The molecule has 1 atom stereocenters. The Kier molecular flexibility index (Phi) is 4.99. The predicted molar refractivity (Wildman–Crippen MR) is 66.3 cm³/mol. The van der Waals surface area contributed by atoms with Gasteiger partial charge in [0.05, 0.1) is 5.92 Å². The van der Waals surface area contributed by atoms with Crippen LogP contribution in [0.1, 0.15) is 13.3 Å². The summed E-state index contributed by atoms with van der Waals surface area (Å²) < 4.78 is 0. The lowest BCUT2D eigenvalue weighted by atomic mass is 10.0. The zero-order valence-electron chi connectivity index (χ0n) is 9.18. The SMILES string of the molecule is C=CCC(C(C)=O)C(=O)Sc1ccccc1. The van der Waals surface area contributed by atoms with E-state index in [1.807, 2.05) is 30.3 Å². The molecule has 0 aliphatic carbocycles. The number of thioether (sulfide) groups is 1. The molecule has 1 aromatic carbocycles. The van der Waals surface area contributed by atoms with Crippen LogP contribution in [0.2, 0.25) is 0 Å². The summed E-state index contributed by atoms with van der Waals surface area (Å²) in [6.07, 6.45) is 2.02. The zero-order chi connectivity index (χ0) is 12.0. The summed E-state index contributed by atoms with van der Waals surface area (Å²) in [5.41, 5.74) is 0. The van der Waals surface area contributed by atoms with E-state index in [4.69, 9.17) is 0 Å². The molecule has 1 aromatic rings. The summed E-state index contributed by atoms with van der Waals surface area (Å²) >= 11 is 1.11. The Balaban J connectivity index is 2.69. The van der Waals surface area contributed by atoms with Crippen molar-refractivity contribution >= 4 is 22.7 Å². The molecule has 0 N–H and O–H groups in total. The highest BCUT2D eigenvalue weighted by molar-refractivity contribution is 8.13. The van der Waals surface area contributed by atoms with Gasteiger partial charge in [0.2, 0.25) is 5.12 Å². The first kappa shape index (κ1) is 12.7. The Labute approximate surface area is 99.7 Å². The Morgan fingerprint density at radius 2 is 2.00 bits per heavy atom. The number of ketones is 1. The highest BCUT2D eigenvalue weighted by Crippen LogP contribution is 2.24. The molecule has 0 radical (unpaired) electrons. The molecule has 0 aliphatic heterocycles. The van der Waals surface area contributed by atoms with Crippen molar-refractivity contribution < 1.29 is 9.59 Å². The number of carbonyl (C=O) groups excluding carboxylic acids is 2. The van der Waals surface area contributed by atoms with Crippen molar-refractivity contribution in [3.8, 4) is 0 Å². The first-order chi connectivity index (χ1) is 7.65. The standard InChI is InChI=1S/C13H14O2S/c1-3-7-12(10(2)14)13(15)16-11-8-5-4-6-9-11/h3-6,8-9,12H,1,7H2,2H3. The van der Waals surface area contributed by atoms with Gasteiger partial charge in [0, 0.05) is 4.90 Å². The van der Waals surface area contributed by atoms with E-state index in [9.17, 15) is 9.59 Å². The highest BCUT2D eigenvalue weighted by Gasteiger charge is 2.22. The number of allylic oxidation sites excluding steroid dienone is 1. The topological polar surface area (TPSA) is 34.1 Å². The van der Waals surface area contributed by atoms with E-state index in [0.717, 1.165) is 16.7 Å². The van der Waals surface area contributed by atoms with Crippen molar-refractivity contribution in [2.75, 3.05) is 0 Å². The van der Waals surface area contributed by atoms with Crippen molar-refractivity contribution in [1.29, 1.82) is 0 Å². The van der Waals surface area contributed by atoms with Gasteiger partial charge >= 0.3 is 0 Å². The number of hydrogen-bond acceptors (Lipinski definition) is 3. The lowest BCUT2D eigenvalue weighted by Gasteiger charge is -2.09. The van der Waals surface area contributed by atoms with Crippen LogP contribution in [-0.4, -0.2) is 10.9 Å². The van der Waals surface area contributed by atoms with Crippen LogP contribution in [0.4, 0.5) is 0 Å². The van der Waals surface area contributed by atoms with Crippen molar-refractivity contribution in [3.63, 3.8) is 0 Å². The monoisotopic (exact) mass is 234 g/mol. The molecule has 0 aromatic heterocycles. The Morgan fingerprint density at radius 3 is 2.50 bits per heavy atom. The first-order valence-corrected chi connectivity index (χ1v) is 5.85. The van der Waals surface area contributed by atoms with Crippen LogP contribution < -0.4 is 0 Å². The van der Waals surface area contributed by atoms with Crippen LogP contribution in [0, 0.1) is 5.92 Å². The maximum absolute atomic E-state index is 11.8. The van der Waals surface area contributed by atoms with Crippen LogP contribution in [0.25, 0.3) is 0 Å². The second kappa shape index (κ2) is 6.28. The van der Waals surface area contributed by atoms with Crippen LogP contribution in [-0.2, 0) is 9.59 Å². The quantitative estimate of drug-likeness (QED) is 0.446. The normalized spacial score (nSPS) is 11.8. The minimum atomic E-state index is -0.567. The number of Topliss-reactive ketones (excluding diaryl/α,β-unsaturated/α-hetero) is 1. The summed E-state index contributed by atoms with van der Waals surface area (Å²) in [6, 6.07) is 9.33. The number of carbonyl (C=O) groups is 2. The fourth-order valence-corrected chi connectivity index (χ4v) is 2.20. The average molecular weight is 234 g/mol. The number of hydrogen-bond donors (Lipinski definition) is 0. The molecular formula is C13H14O2S. The second-order valence-corrected chi connectivity index (χ2v) is 4.50. The smallest absolute Gasteiger partial charge is 0.204 e. The van der Waals surface area contributed by atoms with E-state index in [1.165, 1.54) is 6.92 Å². The van der Waals surface area contributed by atoms with Gasteiger partial charge in [-0.3, -0.25) is 9.59 Å². The van der Waals surface area contributed by atoms with Crippen molar-refractivity contribution in [2.24, 2.45) is 5.92 Å². The summed E-state index contributed by atoms with van der Waals surface area (Å²) in [6.45, 7) is 5.00. The third kappa shape index (κ3) is 3.66. The molecule has 0 aliphatic rings. The molecule has 2 nitrogen and oxygen atoms in total. The van der Waals surface area contributed by atoms with Crippen LogP contribution in [0.5, 0.6) is 0 Å². The fraction of sp³-hybridized carbons (Fsp3) is 0.231. The lowest BCUT2D eigenvalue weighted by molar-refractivity contribution is -0.126. The molecule has 1 unspecified atom stereocenters. The van der Waals surface area contributed by atoms with E-state index < -0.39 is 5.92 Å². The van der Waals surface area contributed by atoms with Gasteiger partial charge in [-0.1, -0.05) is 36.0 Å². The third-order valence-electron chi connectivity index (χ3n) is 2.14. The first-order valence-electron chi connectivity index (χ1n) is 5.03. The predicted octanol–water partition coefficient (Wildman–Crippen LogP) is 3.09. The summed E-state index contributed by atoms with van der Waals surface area (Å²) in [7, 11) is 0. The molecule has 0 spiro atoms. The van der Waals surface area contributed by atoms with Crippen molar-refractivity contribution in [3.05, 3.63) is 43.0 Å². The third-order valence-corrected chi connectivity index (χ3v) is 3.13. The van der Waals surface area contributed by atoms with Gasteiger partial charge in [-0.25, -0.2) is 0 Å². The van der Waals surface area contributed by atoms with E-state index in [2.05, 4.69) is 6.58 Å². The molecule has 0 amide bonds. The molecular weight excluding hydrogens is 220 g/mol. The van der Waals surface area contributed by atoms with Gasteiger partial charge in [-0.15, -0.1) is 6.58 Å². The number of benzene rings is 1. The Bertz CT molecular complexity index is 384. The van der Waals surface area contributed by atoms with Crippen molar-refractivity contribution in [1.82, 2.24) is 0 Å². The van der Waals surface area contributed by atoms with E-state index >= 15 is 0 Å². The van der Waals surface area contributed by atoms with E-state index in [-0.39, 0.29) is 10.9 Å². The fourth-order valence-electron chi connectivity index (χ4n) is 1.27. The van der Waals surface area contributed by atoms with Crippen LogP contribution in [0.15, 0.2) is 47.9 Å². The molecule has 16 heavy (non-hydrogen) atoms. The summed E-state index contributed by atoms with van der Waals surface area (Å²) in [4.78, 5) is 24.0. The number of rotatable bonds is 5. The van der Waals surface area contributed by atoms with Gasteiger partial charge in [0.15, 0.2) is 0 Å². The van der Waals surface area contributed by atoms with Gasteiger partial charge < -0.3 is 0 Å². The Morgan fingerprint density at radius 1 is 1.38 bits per heavy atom. The zero-order valence-corrected chi connectivity index (χ0v) is 10.00. The lowest BCUT2D eigenvalue weighted by Crippen LogP contribution is -2.18. The van der Waals surface area contributed by atoms with Gasteiger partial charge in [0.25, 0.3) is 0 Å². The molecule has 1 rings (SSSR count). The maximum Gasteiger partial charge on any atom is 0.204 e. The largest absolute Gasteiger partial charge is 0.299 e. The van der Waals surface area contributed by atoms with Gasteiger partial charge in [-0.2, -0.15) is 0 Å². The van der Waals surface area contributed by atoms with Gasteiger partial charge in [0.1, 0.15) is 5.78 Å². The van der Waals surface area contributed by atoms with E-state index in [1.54, 1.807) is 6.08 Å². The van der Waals surface area contributed by atoms with Crippen molar-refractivity contribution in [2.45, 2.75) is 18.2 Å². The summed E-state index contributed by atoms with van der Waals surface area (Å²) in [5, 5.41) is -0.112. The average Bonchev–Trinajstić information content (AvgIpc) is 2.26. The maximum atomic E-state index is 11.8. The second-order valence-electron chi connectivity index (χ2n) is 3.42. The summed E-state index contributed by atoms with van der Waals surface area (Å²) in [5.74, 6) is -0.670. The highest BCUT2D eigenvalue weighted by atomic mass is 32.2. The van der Waals surface area contributed by atoms with Crippen LogP contribution >= 0.6 is 11.8 Å².